The second-order valence-electron chi connectivity index (χ2n) is 6.68. The van der Waals surface area contributed by atoms with Gasteiger partial charge >= 0.3 is 0 Å². The number of fused-ring (bicyclic) bond motifs is 1. The summed E-state index contributed by atoms with van der Waals surface area (Å²) in [5, 5.41) is 5.11. The topological polar surface area (TPSA) is 77.6 Å². The molecule has 2 heterocycles. The molecule has 1 aromatic heterocycles. The molecular formula is C21H20N4O2. The first-order valence-corrected chi connectivity index (χ1v) is 8.91. The number of carbonyl (C=O) groups excluding carboxylic acids is 2. The van der Waals surface area contributed by atoms with Crippen molar-refractivity contribution in [3.05, 3.63) is 71.9 Å². The van der Waals surface area contributed by atoms with Crippen molar-refractivity contribution in [3.63, 3.8) is 0 Å². The molecule has 2 amide bonds. The zero-order valence-corrected chi connectivity index (χ0v) is 14.8. The molecule has 4 rings (SSSR count). The van der Waals surface area contributed by atoms with Gasteiger partial charge in [-0.25, -0.2) is 5.43 Å². The highest BCUT2D eigenvalue weighted by molar-refractivity contribution is 5.99. The molecule has 6 heteroatoms. The van der Waals surface area contributed by atoms with Crippen molar-refractivity contribution in [3.8, 4) is 0 Å². The van der Waals surface area contributed by atoms with Gasteiger partial charge in [0.25, 0.3) is 0 Å². The van der Waals surface area contributed by atoms with Crippen molar-refractivity contribution in [2.75, 3.05) is 6.54 Å². The first-order chi connectivity index (χ1) is 13.2. The Kier molecular flexibility index (Phi) is 4.70. The molecule has 0 saturated carbocycles. The van der Waals surface area contributed by atoms with Crippen LogP contribution in [0.25, 0.3) is 10.9 Å². The third-order valence-electron chi connectivity index (χ3n) is 4.80. The summed E-state index contributed by atoms with van der Waals surface area (Å²) >= 11 is 0. The monoisotopic (exact) mass is 360 g/mol. The Balaban J connectivity index is 1.35. The molecule has 0 radical (unpaired) electrons. The number of H-pyrrole nitrogens is 1. The van der Waals surface area contributed by atoms with Gasteiger partial charge in [0.05, 0.1) is 12.1 Å². The predicted molar refractivity (Wildman–Crippen MR) is 104 cm³/mol. The van der Waals surface area contributed by atoms with Crippen molar-refractivity contribution in [1.82, 2.24) is 15.3 Å². The molecule has 1 aliphatic heterocycles. The Labute approximate surface area is 156 Å². The van der Waals surface area contributed by atoms with Crippen molar-refractivity contribution >= 4 is 28.9 Å². The lowest BCUT2D eigenvalue weighted by atomic mass is 10.1. The van der Waals surface area contributed by atoms with Gasteiger partial charge < -0.3 is 9.88 Å². The van der Waals surface area contributed by atoms with Gasteiger partial charge in [-0.1, -0.05) is 48.5 Å². The molecule has 0 spiro atoms. The number of hydrazone groups is 1. The van der Waals surface area contributed by atoms with Crippen LogP contribution < -0.4 is 5.43 Å². The predicted octanol–water partition coefficient (Wildman–Crippen LogP) is 2.67. The summed E-state index contributed by atoms with van der Waals surface area (Å²) in [6.45, 7) is 0.949. The number of benzene rings is 2. The molecule has 6 nitrogen and oxygen atoms in total. The maximum Gasteiger partial charge on any atom is 0.245 e. The largest absolute Gasteiger partial charge is 0.361 e. The zero-order chi connectivity index (χ0) is 18.6. The maximum absolute atomic E-state index is 12.4. The average Bonchev–Trinajstić information content (AvgIpc) is 3.27. The van der Waals surface area contributed by atoms with Crippen molar-refractivity contribution < 1.29 is 9.59 Å². The van der Waals surface area contributed by atoms with Crippen LogP contribution in [-0.4, -0.2) is 34.5 Å². The van der Waals surface area contributed by atoms with Crippen molar-refractivity contribution in [2.45, 2.75) is 13.0 Å². The number of hydrogen-bond acceptors (Lipinski definition) is 3. The fourth-order valence-corrected chi connectivity index (χ4v) is 3.36. The number of aromatic amines is 1. The molecule has 2 N–H and O–H groups in total. The van der Waals surface area contributed by atoms with Crippen LogP contribution in [0.3, 0.4) is 0 Å². The lowest BCUT2D eigenvalue weighted by molar-refractivity contribution is -0.129. The minimum Gasteiger partial charge on any atom is -0.361 e. The molecule has 2 aromatic carbocycles. The zero-order valence-electron chi connectivity index (χ0n) is 14.8. The molecule has 136 valence electrons. The van der Waals surface area contributed by atoms with Gasteiger partial charge in [-0.15, -0.1) is 0 Å². The van der Waals surface area contributed by atoms with Crippen LogP contribution in [0.2, 0.25) is 0 Å². The minimum absolute atomic E-state index is 0.000360. The molecule has 0 bridgehead atoms. The van der Waals surface area contributed by atoms with E-state index in [1.165, 1.54) is 0 Å². The molecule has 1 aliphatic rings. The van der Waals surface area contributed by atoms with E-state index >= 15 is 0 Å². The normalized spacial score (nSPS) is 17.1. The summed E-state index contributed by atoms with van der Waals surface area (Å²) < 4.78 is 0. The first-order valence-electron chi connectivity index (χ1n) is 8.91. The van der Waals surface area contributed by atoms with Crippen LogP contribution in [-0.2, 0) is 16.1 Å². The van der Waals surface area contributed by atoms with E-state index in [1.54, 1.807) is 11.1 Å². The SMILES string of the molecule is O=C(N/N=C/c1c[nH]c2ccccc12)C1CC(=O)N(Cc2ccccc2)C1. The fourth-order valence-electron chi connectivity index (χ4n) is 3.36. The highest BCUT2D eigenvalue weighted by Gasteiger charge is 2.34. The van der Waals surface area contributed by atoms with Crippen LogP contribution in [0.4, 0.5) is 0 Å². The molecule has 1 atom stereocenters. The Hall–Kier alpha value is -3.41. The molecule has 1 fully saturated rings. The standard InChI is InChI=1S/C21H20N4O2/c26-20-10-16(14-25(20)13-15-6-2-1-3-7-15)21(27)24-23-12-17-11-22-19-9-5-4-8-18(17)19/h1-9,11-12,16,22H,10,13-14H2,(H,24,27)/b23-12+. The molecule has 27 heavy (non-hydrogen) atoms. The number of nitrogens with zero attached hydrogens (tertiary/aromatic N) is 2. The average molecular weight is 360 g/mol. The smallest absolute Gasteiger partial charge is 0.245 e. The summed E-state index contributed by atoms with van der Waals surface area (Å²) in [6.07, 6.45) is 3.69. The number of para-hydroxylation sites is 1. The second kappa shape index (κ2) is 7.45. The summed E-state index contributed by atoms with van der Waals surface area (Å²) in [7, 11) is 0. The van der Waals surface area contributed by atoms with Gasteiger partial charge in [-0.2, -0.15) is 5.10 Å². The van der Waals surface area contributed by atoms with Crippen LogP contribution >= 0.6 is 0 Å². The molecular weight excluding hydrogens is 340 g/mol. The van der Waals surface area contributed by atoms with Crippen LogP contribution in [0, 0.1) is 5.92 Å². The third kappa shape index (κ3) is 3.74. The first kappa shape index (κ1) is 17.0. The summed E-state index contributed by atoms with van der Waals surface area (Å²) in [4.78, 5) is 29.5. The van der Waals surface area contributed by atoms with E-state index in [0.29, 0.717) is 13.1 Å². The van der Waals surface area contributed by atoms with Crippen LogP contribution in [0.15, 0.2) is 65.9 Å². The molecule has 1 saturated heterocycles. The van der Waals surface area contributed by atoms with E-state index in [1.807, 2.05) is 60.8 Å². The Morgan fingerprint density at radius 3 is 2.81 bits per heavy atom. The van der Waals surface area contributed by atoms with Gasteiger partial charge in [0.15, 0.2) is 0 Å². The molecule has 0 aliphatic carbocycles. The number of carbonyl (C=O) groups is 2. The maximum atomic E-state index is 12.4. The molecule has 3 aromatic rings. The van der Waals surface area contributed by atoms with Gasteiger partial charge in [0.2, 0.25) is 11.8 Å². The summed E-state index contributed by atoms with van der Waals surface area (Å²) in [5.74, 6) is -0.601. The Bertz CT molecular complexity index is 994. The number of rotatable bonds is 5. The highest BCUT2D eigenvalue weighted by Crippen LogP contribution is 2.20. The van der Waals surface area contributed by atoms with E-state index in [4.69, 9.17) is 0 Å². The summed E-state index contributed by atoms with van der Waals surface area (Å²) in [5.41, 5.74) is 5.55. The number of amides is 2. The fraction of sp³-hybridized carbons (Fsp3) is 0.190. The summed E-state index contributed by atoms with van der Waals surface area (Å²) in [6, 6.07) is 17.7. The van der Waals surface area contributed by atoms with Gasteiger partial charge in [-0.3, -0.25) is 9.59 Å². The van der Waals surface area contributed by atoms with E-state index < -0.39 is 0 Å². The van der Waals surface area contributed by atoms with Gasteiger partial charge in [0.1, 0.15) is 0 Å². The van der Waals surface area contributed by atoms with Crippen LogP contribution in [0.1, 0.15) is 17.5 Å². The van der Waals surface area contributed by atoms with Gasteiger partial charge in [-0.05, 0) is 11.6 Å². The lowest BCUT2D eigenvalue weighted by Gasteiger charge is -2.16. The van der Waals surface area contributed by atoms with Crippen LogP contribution in [0.5, 0.6) is 0 Å². The number of nitrogens with one attached hydrogen (secondary N) is 2. The van der Waals surface area contributed by atoms with Crippen molar-refractivity contribution in [1.29, 1.82) is 0 Å². The highest BCUT2D eigenvalue weighted by atomic mass is 16.2. The number of hydrogen-bond donors (Lipinski definition) is 2. The van der Waals surface area contributed by atoms with E-state index in [9.17, 15) is 9.59 Å². The minimum atomic E-state index is -0.374. The lowest BCUT2D eigenvalue weighted by Crippen LogP contribution is -2.30. The Morgan fingerprint density at radius 2 is 1.96 bits per heavy atom. The number of likely N-dealkylation sites (tertiary alicyclic amines) is 1. The third-order valence-corrected chi connectivity index (χ3v) is 4.80. The van der Waals surface area contributed by atoms with E-state index in [-0.39, 0.29) is 24.2 Å². The van der Waals surface area contributed by atoms with Crippen molar-refractivity contribution in [2.24, 2.45) is 11.0 Å². The second-order valence-corrected chi connectivity index (χ2v) is 6.68. The Morgan fingerprint density at radius 1 is 1.19 bits per heavy atom. The van der Waals surface area contributed by atoms with E-state index in [0.717, 1.165) is 22.0 Å². The van der Waals surface area contributed by atoms with Gasteiger partial charge in [0, 0.05) is 42.2 Å². The molecule has 1 unspecified atom stereocenters. The number of aromatic nitrogens is 1. The quantitative estimate of drug-likeness (QED) is 0.542. The van der Waals surface area contributed by atoms with E-state index in [2.05, 4.69) is 15.5 Å².